The number of aliphatic hydroxyl groups excluding tert-OH is 1. The summed E-state index contributed by atoms with van der Waals surface area (Å²) in [7, 11) is -2.84. The van der Waals surface area contributed by atoms with Crippen LogP contribution in [0, 0.1) is 11.8 Å². The van der Waals surface area contributed by atoms with Gasteiger partial charge in [0.05, 0.1) is 18.1 Å². The van der Waals surface area contributed by atoms with Crippen molar-refractivity contribution in [3.63, 3.8) is 0 Å². The second-order valence-corrected chi connectivity index (χ2v) is 8.81. The second-order valence-electron chi connectivity index (χ2n) is 6.58. The first-order valence-corrected chi connectivity index (χ1v) is 9.91. The average molecular weight is 303 g/mol. The summed E-state index contributed by atoms with van der Waals surface area (Å²) in [6.07, 6.45) is 7.19. The van der Waals surface area contributed by atoms with Crippen molar-refractivity contribution >= 4 is 9.84 Å². The third-order valence-corrected chi connectivity index (χ3v) is 6.82. The predicted octanol–water partition coefficient (Wildman–Crippen LogP) is 1.68. The molecular formula is C15H29NO3S. The van der Waals surface area contributed by atoms with Gasteiger partial charge in [-0.2, -0.15) is 0 Å². The van der Waals surface area contributed by atoms with Gasteiger partial charge in [-0.15, -0.1) is 0 Å². The monoisotopic (exact) mass is 303 g/mol. The molecule has 1 aliphatic heterocycles. The third-order valence-electron chi connectivity index (χ3n) is 5.07. The molecule has 0 unspecified atom stereocenters. The van der Waals surface area contributed by atoms with E-state index in [9.17, 15) is 13.5 Å². The summed E-state index contributed by atoms with van der Waals surface area (Å²) in [5.74, 6) is 2.14. The molecule has 1 saturated carbocycles. The number of hydrogen-bond donors (Lipinski definition) is 1. The maximum atomic E-state index is 11.7. The van der Waals surface area contributed by atoms with E-state index in [1.54, 1.807) is 0 Å². The smallest absolute Gasteiger partial charge is 0.151 e. The zero-order valence-electron chi connectivity index (χ0n) is 12.6. The SMILES string of the molecule is CC[C@@H]1CCC[C@H](CN(CCO)[C@@H]2CCS(=O)(=O)C2)C1. The van der Waals surface area contributed by atoms with Crippen LogP contribution in [0.5, 0.6) is 0 Å². The Morgan fingerprint density at radius 3 is 2.55 bits per heavy atom. The molecule has 1 heterocycles. The Balaban J connectivity index is 1.92. The van der Waals surface area contributed by atoms with Gasteiger partial charge in [0.2, 0.25) is 0 Å². The molecule has 2 fully saturated rings. The highest BCUT2D eigenvalue weighted by atomic mass is 32.2. The molecule has 5 heteroatoms. The predicted molar refractivity (Wildman–Crippen MR) is 81.5 cm³/mol. The molecule has 20 heavy (non-hydrogen) atoms. The van der Waals surface area contributed by atoms with Gasteiger partial charge in [-0.05, 0) is 31.1 Å². The van der Waals surface area contributed by atoms with Crippen LogP contribution in [-0.2, 0) is 9.84 Å². The molecule has 1 aliphatic carbocycles. The van der Waals surface area contributed by atoms with E-state index in [-0.39, 0.29) is 18.4 Å². The summed E-state index contributed by atoms with van der Waals surface area (Å²) in [6, 6.07) is 0.133. The Labute approximate surface area is 123 Å². The Morgan fingerprint density at radius 1 is 1.20 bits per heavy atom. The van der Waals surface area contributed by atoms with Gasteiger partial charge < -0.3 is 5.11 Å². The number of nitrogens with zero attached hydrogens (tertiary/aromatic N) is 1. The quantitative estimate of drug-likeness (QED) is 0.811. The topological polar surface area (TPSA) is 57.6 Å². The van der Waals surface area contributed by atoms with E-state index in [0.717, 1.165) is 18.9 Å². The number of aliphatic hydroxyl groups is 1. The fourth-order valence-corrected chi connectivity index (χ4v) is 5.65. The maximum Gasteiger partial charge on any atom is 0.151 e. The van der Waals surface area contributed by atoms with Crippen LogP contribution in [0.15, 0.2) is 0 Å². The van der Waals surface area contributed by atoms with Gasteiger partial charge in [-0.3, -0.25) is 4.90 Å². The lowest BCUT2D eigenvalue weighted by Gasteiger charge is -2.35. The minimum absolute atomic E-state index is 0.125. The van der Waals surface area contributed by atoms with Crippen LogP contribution in [0.25, 0.3) is 0 Å². The molecule has 0 amide bonds. The molecule has 2 aliphatic rings. The van der Waals surface area contributed by atoms with Crippen LogP contribution in [0.1, 0.15) is 45.4 Å². The lowest BCUT2D eigenvalue weighted by atomic mass is 9.80. The van der Waals surface area contributed by atoms with E-state index in [0.29, 0.717) is 18.2 Å². The van der Waals surface area contributed by atoms with Gasteiger partial charge in [0.25, 0.3) is 0 Å². The van der Waals surface area contributed by atoms with E-state index < -0.39 is 9.84 Å². The molecule has 1 saturated heterocycles. The van der Waals surface area contributed by atoms with Crippen LogP contribution in [0.4, 0.5) is 0 Å². The molecule has 0 radical (unpaired) electrons. The molecule has 0 spiro atoms. The van der Waals surface area contributed by atoms with E-state index >= 15 is 0 Å². The minimum Gasteiger partial charge on any atom is -0.395 e. The lowest BCUT2D eigenvalue weighted by Crippen LogP contribution is -2.42. The molecule has 0 aromatic carbocycles. The molecule has 2 rings (SSSR count). The molecule has 1 N–H and O–H groups in total. The summed E-state index contributed by atoms with van der Waals surface area (Å²) in [5, 5.41) is 9.26. The van der Waals surface area contributed by atoms with E-state index in [4.69, 9.17) is 0 Å². The Morgan fingerprint density at radius 2 is 1.95 bits per heavy atom. The Bertz CT molecular complexity index is 396. The first kappa shape index (κ1) is 16.2. The van der Waals surface area contributed by atoms with Crippen LogP contribution < -0.4 is 0 Å². The van der Waals surface area contributed by atoms with Crippen molar-refractivity contribution in [2.45, 2.75) is 51.5 Å². The first-order chi connectivity index (χ1) is 9.54. The fourth-order valence-electron chi connectivity index (χ4n) is 3.89. The highest BCUT2D eigenvalue weighted by Crippen LogP contribution is 2.32. The van der Waals surface area contributed by atoms with Crippen molar-refractivity contribution < 1.29 is 13.5 Å². The number of sulfone groups is 1. The summed E-state index contributed by atoms with van der Waals surface area (Å²) in [4.78, 5) is 2.24. The van der Waals surface area contributed by atoms with E-state index in [1.165, 1.54) is 32.1 Å². The summed E-state index contributed by atoms with van der Waals surface area (Å²) >= 11 is 0. The van der Waals surface area contributed by atoms with Gasteiger partial charge in [0.1, 0.15) is 0 Å². The Kier molecular flexibility index (Phi) is 5.87. The summed E-state index contributed by atoms with van der Waals surface area (Å²) < 4.78 is 23.3. The van der Waals surface area contributed by atoms with Crippen LogP contribution in [0.3, 0.4) is 0 Å². The molecule has 3 atom stereocenters. The van der Waals surface area contributed by atoms with Crippen molar-refractivity contribution in [3.8, 4) is 0 Å². The summed E-state index contributed by atoms with van der Waals surface area (Å²) in [5.41, 5.74) is 0. The zero-order chi connectivity index (χ0) is 14.6. The van der Waals surface area contributed by atoms with Crippen molar-refractivity contribution in [2.75, 3.05) is 31.2 Å². The normalized spacial score (nSPS) is 33.6. The van der Waals surface area contributed by atoms with Crippen molar-refractivity contribution in [2.24, 2.45) is 11.8 Å². The van der Waals surface area contributed by atoms with Gasteiger partial charge in [0.15, 0.2) is 9.84 Å². The molecule has 118 valence electrons. The van der Waals surface area contributed by atoms with Gasteiger partial charge >= 0.3 is 0 Å². The lowest BCUT2D eigenvalue weighted by molar-refractivity contribution is 0.116. The molecule has 0 aromatic rings. The van der Waals surface area contributed by atoms with Crippen molar-refractivity contribution in [1.29, 1.82) is 0 Å². The maximum absolute atomic E-state index is 11.7. The highest BCUT2D eigenvalue weighted by Gasteiger charge is 2.33. The molecular weight excluding hydrogens is 274 g/mol. The number of hydrogen-bond acceptors (Lipinski definition) is 4. The van der Waals surface area contributed by atoms with Gasteiger partial charge in [-0.25, -0.2) is 8.42 Å². The minimum atomic E-state index is -2.84. The Hall–Kier alpha value is -0.130. The number of rotatable bonds is 6. The summed E-state index contributed by atoms with van der Waals surface area (Å²) in [6.45, 7) is 3.98. The molecule has 4 nitrogen and oxygen atoms in total. The van der Waals surface area contributed by atoms with Crippen LogP contribution in [-0.4, -0.2) is 55.7 Å². The largest absolute Gasteiger partial charge is 0.395 e. The first-order valence-electron chi connectivity index (χ1n) is 8.09. The van der Waals surface area contributed by atoms with Crippen LogP contribution >= 0.6 is 0 Å². The molecule has 0 aromatic heterocycles. The van der Waals surface area contributed by atoms with E-state index in [2.05, 4.69) is 11.8 Å². The van der Waals surface area contributed by atoms with Crippen molar-refractivity contribution in [3.05, 3.63) is 0 Å². The average Bonchev–Trinajstić information content (AvgIpc) is 2.79. The highest BCUT2D eigenvalue weighted by molar-refractivity contribution is 7.91. The van der Waals surface area contributed by atoms with E-state index in [1.807, 2.05) is 0 Å². The third kappa shape index (κ3) is 4.43. The van der Waals surface area contributed by atoms with Crippen molar-refractivity contribution in [1.82, 2.24) is 4.90 Å². The van der Waals surface area contributed by atoms with Crippen LogP contribution in [0.2, 0.25) is 0 Å². The second kappa shape index (κ2) is 7.23. The molecule has 0 bridgehead atoms. The standard InChI is InChI=1S/C15H29NO3S/c1-2-13-4-3-5-14(10-13)11-16(7-8-17)15-6-9-20(18,19)12-15/h13-15,17H,2-12H2,1H3/t13-,14+,15-/m1/s1. The van der Waals surface area contributed by atoms with Gasteiger partial charge in [-0.1, -0.05) is 26.2 Å². The zero-order valence-corrected chi connectivity index (χ0v) is 13.4. The fraction of sp³-hybridized carbons (Fsp3) is 1.00. The van der Waals surface area contributed by atoms with Gasteiger partial charge in [0, 0.05) is 19.1 Å².